The van der Waals surface area contributed by atoms with E-state index in [0.29, 0.717) is 48.0 Å². The minimum atomic E-state index is -3.89. The van der Waals surface area contributed by atoms with Gasteiger partial charge in [-0.2, -0.15) is 5.10 Å². The highest BCUT2D eigenvalue weighted by atomic mass is 35.5. The fourth-order valence-corrected chi connectivity index (χ4v) is 6.51. The third kappa shape index (κ3) is 4.89. The van der Waals surface area contributed by atoms with Crippen LogP contribution in [0.3, 0.4) is 0 Å². The van der Waals surface area contributed by atoms with Gasteiger partial charge in [-0.1, -0.05) is 66.2 Å². The van der Waals surface area contributed by atoms with Crippen LogP contribution in [0, 0.1) is 0 Å². The summed E-state index contributed by atoms with van der Waals surface area (Å²) in [6, 6.07) is 20.2. The summed E-state index contributed by atoms with van der Waals surface area (Å²) in [4.78, 5) is 0.257. The Morgan fingerprint density at radius 3 is 2.69 bits per heavy atom. The molecule has 1 aliphatic heterocycles. The molecule has 3 aromatic rings. The molecule has 0 spiro atoms. The van der Waals surface area contributed by atoms with Crippen molar-refractivity contribution in [1.29, 1.82) is 0 Å². The summed E-state index contributed by atoms with van der Waals surface area (Å²) < 4.78 is 33.7. The third-order valence-electron chi connectivity index (χ3n) is 6.15. The molecule has 0 saturated carbocycles. The van der Waals surface area contributed by atoms with E-state index >= 15 is 0 Å². The lowest BCUT2D eigenvalue weighted by Gasteiger charge is -2.26. The van der Waals surface area contributed by atoms with Gasteiger partial charge in [0.05, 0.1) is 30.7 Å². The standard InChI is InChI=1S/C27H24Cl2N2O3S/c28-13-14-34-18-20-11-12-25-24(16-20)27(30-31(25)17-19-5-3-8-22(29)15-19)35(32,33)26-10-4-7-21-6-1-2-9-23(21)26/h1-11,15-16,25H,12-14,17-18H2. The second-order valence-corrected chi connectivity index (χ2v) is 11.1. The summed E-state index contributed by atoms with van der Waals surface area (Å²) >= 11 is 11.9. The van der Waals surface area contributed by atoms with Crippen molar-refractivity contribution in [1.82, 2.24) is 5.01 Å². The molecule has 1 atom stereocenters. The maximum Gasteiger partial charge on any atom is 0.226 e. The van der Waals surface area contributed by atoms with Gasteiger partial charge in [0.15, 0.2) is 5.04 Å². The molecule has 0 bridgehead atoms. The Bertz CT molecular complexity index is 1460. The Balaban J connectivity index is 1.57. The molecule has 0 saturated heterocycles. The molecule has 0 aromatic heterocycles. The summed E-state index contributed by atoms with van der Waals surface area (Å²) in [5.74, 6) is 0.405. The lowest BCUT2D eigenvalue weighted by atomic mass is 9.95. The first-order chi connectivity index (χ1) is 17.0. The van der Waals surface area contributed by atoms with Crippen molar-refractivity contribution in [2.45, 2.75) is 23.9 Å². The van der Waals surface area contributed by atoms with E-state index in [4.69, 9.17) is 33.0 Å². The highest BCUT2D eigenvalue weighted by Crippen LogP contribution is 2.36. The number of ether oxygens (including phenoxy) is 1. The lowest BCUT2D eigenvalue weighted by molar-refractivity contribution is 0.173. The van der Waals surface area contributed by atoms with E-state index < -0.39 is 9.84 Å². The topological polar surface area (TPSA) is 59.0 Å². The maximum atomic E-state index is 14.0. The number of fused-ring (bicyclic) bond motifs is 2. The summed E-state index contributed by atoms with van der Waals surface area (Å²) in [6.07, 6.45) is 4.61. The summed E-state index contributed by atoms with van der Waals surface area (Å²) in [6.45, 7) is 1.25. The van der Waals surface area contributed by atoms with Gasteiger partial charge < -0.3 is 4.74 Å². The van der Waals surface area contributed by atoms with Gasteiger partial charge >= 0.3 is 0 Å². The van der Waals surface area contributed by atoms with Crippen LogP contribution >= 0.6 is 23.2 Å². The van der Waals surface area contributed by atoms with Crippen molar-refractivity contribution in [2.75, 3.05) is 19.1 Å². The Hall–Kier alpha value is -2.64. The Labute approximate surface area is 215 Å². The van der Waals surface area contributed by atoms with Crippen molar-refractivity contribution in [3.05, 3.63) is 101 Å². The molecule has 1 heterocycles. The van der Waals surface area contributed by atoms with Crippen LogP contribution in [0.25, 0.3) is 10.8 Å². The monoisotopic (exact) mass is 526 g/mol. The third-order valence-corrected chi connectivity index (χ3v) is 8.30. The molecule has 35 heavy (non-hydrogen) atoms. The zero-order valence-corrected chi connectivity index (χ0v) is 21.2. The number of halogens is 2. The number of alkyl halides is 1. The van der Waals surface area contributed by atoms with Crippen LogP contribution in [0.1, 0.15) is 12.0 Å². The normalized spacial score (nSPS) is 17.7. The zero-order chi connectivity index (χ0) is 24.4. The summed E-state index contributed by atoms with van der Waals surface area (Å²) in [5.41, 5.74) is 2.57. The van der Waals surface area contributed by atoms with Crippen molar-refractivity contribution < 1.29 is 13.2 Å². The van der Waals surface area contributed by atoms with E-state index in [2.05, 4.69) is 6.08 Å². The van der Waals surface area contributed by atoms with Gasteiger partial charge in [-0.3, -0.25) is 5.01 Å². The molecule has 0 amide bonds. The molecular formula is C27H24Cl2N2O3S. The van der Waals surface area contributed by atoms with Gasteiger partial charge in [0.1, 0.15) is 0 Å². The molecule has 0 N–H and O–H groups in total. The van der Waals surface area contributed by atoms with E-state index in [0.717, 1.165) is 16.5 Å². The summed E-state index contributed by atoms with van der Waals surface area (Å²) in [5, 5.41) is 8.82. The minimum Gasteiger partial charge on any atom is -0.376 e. The van der Waals surface area contributed by atoms with E-state index in [1.54, 1.807) is 12.1 Å². The quantitative estimate of drug-likeness (QED) is 0.280. The van der Waals surface area contributed by atoms with Crippen LogP contribution in [0.2, 0.25) is 5.02 Å². The fraction of sp³-hybridized carbons (Fsp3) is 0.222. The van der Waals surface area contributed by atoms with Crippen molar-refractivity contribution in [3.8, 4) is 0 Å². The van der Waals surface area contributed by atoms with Gasteiger partial charge in [0.25, 0.3) is 0 Å². The molecule has 0 radical (unpaired) electrons. The molecular weight excluding hydrogens is 503 g/mol. The van der Waals surface area contributed by atoms with Crippen molar-refractivity contribution in [2.24, 2.45) is 5.10 Å². The van der Waals surface area contributed by atoms with Gasteiger partial charge in [0.2, 0.25) is 9.84 Å². The fourth-order valence-electron chi connectivity index (χ4n) is 4.53. The van der Waals surface area contributed by atoms with Gasteiger partial charge in [-0.05, 0) is 47.2 Å². The number of rotatable bonds is 7. The zero-order valence-electron chi connectivity index (χ0n) is 18.9. The van der Waals surface area contributed by atoms with E-state index in [-0.39, 0.29) is 16.0 Å². The molecule has 180 valence electrons. The van der Waals surface area contributed by atoms with Gasteiger partial charge in [0, 0.05) is 21.9 Å². The van der Waals surface area contributed by atoms with Crippen LogP contribution in [0.15, 0.2) is 100 Å². The van der Waals surface area contributed by atoms with Crippen LogP contribution in [-0.4, -0.2) is 43.6 Å². The lowest BCUT2D eigenvalue weighted by Crippen LogP contribution is -2.30. The van der Waals surface area contributed by atoms with E-state index in [1.165, 1.54) is 0 Å². The van der Waals surface area contributed by atoms with Crippen molar-refractivity contribution >= 4 is 48.9 Å². The average Bonchev–Trinajstić information content (AvgIpc) is 3.22. The number of hydrogen-bond acceptors (Lipinski definition) is 5. The molecule has 1 aliphatic carbocycles. The number of hydrazone groups is 1. The van der Waals surface area contributed by atoms with E-state index in [1.807, 2.05) is 65.7 Å². The molecule has 5 rings (SSSR count). The largest absolute Gasteiger partial charge is 0.376 e. The van der Waals surface area contributed by atoms with Crippen LogP contribution in [-0.2, 0) is 21.1 Å². The Morgan fingerprint density at radius 2 is 1.86 bits per heavy atom. The van der Waals surface area contributed by atoms with Gasteiger partial charge in [-0.25, -0.2) is 8.42 Å². The Morgan fingerprint density at radius 1 is 1.06 bits per heavy atom. The highest BCUT2D eigenvalue weighted by Gasteiger charge is 2.40. The number of benzene rings is 3. The first-order valence-corrected chi connectivity index (χ1v) is 13.7. The first-order valence-electron chi connectivity index (χ1n) is 11.3. The predicted molar refractivity (Wildman–Crippen MR) is 142 cm³/mol. The van der Waals surface area contributed by atoms with Gasteiger partial charge in [-0.15, -0.1) is 11.6 Å². The Kier molecular flexibility index (Phi) is 6.98. The molecule has 0 fully saturated rings. The highest BCUT2D eigenvalue weighted by molar-refractivity contribution is 8.07. The molecule has 3 aromatic carbocycles. The average molecular weight is 527 g/mol. The van der Waals surface area contributed by atoms with Crippen LogP contribution in [0.4, 0.5) is 0 Å². The maximum absolute atomic E-state index is 14.0. The second-order valence-electron chi connectivity index (χ2n) is 8.49. The number of hydrogen-bond donors (Lipinski definition) is 0. The van der Waals surface area contributed by atoms with E-state index in [9.17, 15) is 8.42 Å². The number of nitrogens with zero attached hydrogens (tertiary/aromatic N) is 2. The SMILES string of the molecule is O=S(=O)(C1=NN(Cc2cccc(Cl)c2)C2CC=C(COCCCl)C=C12)c1cccc2ccccc12. The van der Waals surface area contributed by atoms with Crippen LogP contribution in [0.5, 0.6) is 0 Å². The molecule has 1 unspecified atom stereocenters. The van der Waals surface area contributed by atoms with Crippen molar-refractivity contribution in [3.63, 3.8) is 0 Å². The predicted octanol–water partition coefficient (Wildman–Crippen LogP) is 5.98. The molecule has 8 heteroatoms. The molecule has 2 aliphatic rings. The van der Waals surface area contributed by atoms with Crippen LogP contribution < -0.4 is 0 Å². The molecule has 5 nitrogen and oxygen atoms in total. The minimum absolute atomic E-state index is 0.0869. The smallest absolute Gasteiger partial charge is 0.226 e. The first kappa shape index (κ1) is 24.1. The number of sulfone groups is 1. The second kappa shape index (κ2) is 10.2. The summed E-state index contributed by atoms with van der Waals surface area (Å²) in [7, 11) is -3.89.